The van der Waals surface area contributed by atoms with Crippen LogP contribution in [0.15, 0.2) is 27.4 Å². The molecule has 184 valence electrons. The molecule has 0 radical (unpaired) electrons. The van der Waals surface area contributed by atoms with Crippen LogP contribution < -0.4 is 5.43 Å². The maximum absolute atomic E-state index is 15.1. The van der Waals surface area contributed by atoms with Crippen LogP contribution in [-0.4, -0.2) is 17.6 Å². The van der Waals surface area contributed by atoms with Crippen LogP contribution in [0, 0.1) is 13.8 Å². The number of nitrogens with zero attached hydrogens (tertiary/aromatic N) is 1. The predicted octanol–water partition coefficient (Wildman–Crippen LogP) is 7.21. The molecule has 6 heteroatoms. The number of unbranched alkanes of at least 4 members (excludes halogenated alkanes) is 7. The predicted molar refractivity (Wildman–Crippen MR) is 134 cm³/mol. The summed E-state index contributed by atoms with van der Waals surface area (Å²) in [6.45, 7) is 7.71. The van der Waals surface area contributed by atoms with Gasteiger partial charge in [0.15, 0.2) is 0 Å². The fraction of sp³-hybridized carbons (Fsp3) is 0.536. The lowest BCUT2D eigenvalue weighted by molar-refractivity contribution is -0.149. The minimum atomic E-state index is -2.02. The Bertz CT molecular complexity index is 1200. The lowest BCUT2D eigenvalue weighted by Crippen LogP contribution is -2.16. The lowest BCUT2D eigenvalue weighted by atomic mass is 9.99. The zero-order valence-electron chi connectivity index (χ0n) is 20.8. The number of alkyl halides is 1. The minimum Gasteiger partial charge on any atom is -0.464 e. The van der Waals surface area contributed by atoms with E-state index in [1.807, 2.05) is 19.9 Å². The Morgan fingerprint density at radius 3 is 2.35 bits per heavy atom. The molecule has 34 heavy (non-hydrogen) atoms. The topological polar surface area (TPSA) is 69.4 Å². The second kappa shape index (κ2) is 12.1. The smallest absolute Gasteiger partial charge is 0.347 e. The number of hydrogen-bond donors (Lipinski definition) is 0. The number of esters is 1. The van der Waals surface area contributed by atoms with Crippen LogP contribution in [0.5, 0.6) is 0 Å². The molecule has 0 spiro atoms. The second-order valence-electron chi connectivity index (χ2n) is 9.11. The molecule has 0 saturated heterocycles. The molecule has 3 rings (SSSR count). The lowest BCUT2D eigenvalue weighted by Gasteiger charge is -2.14. The van der Waals surface area contributed by atoms with E-state index in [0.717, 1.165) is 30.4 Å². The zero-order valence-corrected chi connectivity index (χ0v) is 20.8. The van der Waals surface area contributed by atoms with Crippen LogP contribution in [0.2, 0.25) is 0 Å². The van der Waals surface area contributed by atoms with Gasteiger partial charge in [-0.15, -0.1) is 0 Å². The third-order valence-corrected chi connectivity index (χ3v) is 6.24. The van der Waals surface area contributed by atoms with E-state index in [2.05, 4.69) is 11.9 Å². The van der Waals surface area contributed by atoms with E-state index in [1.54, 1.807) is 19.1 Å². The molecule has 0 aliphatic heterocycles. The van der Waals surface area contributed by atoms with Gasteiger partial charge in [0, 0.05) is 0 Å². The number of benzene rings is 1. The first kappa shape index (κ1) is 25.9. The summed E-state index contributed by atoms with van der Waals surface area (Å²) in [7, 11) is 0. The molecule has 1 unspecified atom stereocenters. The van der Waals surface area contributed by atoms with Crippen molar-refractivity contribution in [3.63, 3.8) is 0 Å². The number of carbonyl (C=O) groups excluding carboxylic acids is 1. The molecule has 2 heterocycles. The van der Waals surface area contributed by atoms with Crippen molar-refractivity contribution in [2.75, 3.05) is 6.61 Å². The Hall–Kier alpha value is -2.76. The van der Waals surface area contributed by atoms with Crippen LogP contribution in [0.25, 0.3) is 22.1 Å². The molecule has 0 aliphatic rings. The molecule has 5 nitrogen and oxygen atoms in total. The van der Waals surface area contributed by atoms with E-state index in [4.69, 9.17) is 9.15 Å². The van der Waals surface area contributed by atoms with Crippen LogP contribution in [-0.2, 0) is 16.0 Å². The fourth-order valence-electron chi connectivity index (χ4n) is 4.49. The summed E-state index contributed by atoms with van der Waals surface area (Å²) in [4.78, 5) is 29.8. The van der Waals surface area contributed by atoms with Crippen LogP contribution in [0.4, 0.5) is 4.39 Å². The summed E-state index contributed by atoms with van der Waals surface area (Å²) in [5.41, 5.74) is 2.62. The number of carbonyl (C=O) groups is 1. The van der Waals surface area contributed by atoms with Gasteiger partial charge < -0.3 is 9.15 Å². The van der Waals surface area contributed by atoms with Crippen molar-refractivity contribution >= 4 is 28.0 Å². The van der Waals surface area contributed by atoms with Gasteiger partial charge in [-0.3, -0.25) is 4.79 Å². The van der Waals surface area contributed by atoms with Crippen molar-refractivity contribution in [2.45, 2.75) is 91.7 Å². The average molecular weight is 470 g/mol. The first-order valence-electron chi connectivity index (χ1n) is 12.6. The van der Waals surface area contributed by atoms with Gasteiger partial charge in [0.2, 0.25) is 17.3 Å². The molecule has 0 bridgehead atoms. The number of aromatic nitrogens is 1. The standard InChI is InChI=1S/C28H36FNO4/c1-5-7-8-9-10-11-12-13-14-20-17-22-25(31)21-16-18(3)15-19(4)26(21)34-27(22)30-24(20)23(29)28(32)33-6-2/h15-17,23H,5-14H2,1-4H3. The normalized spacial score (nSPS) is 12.4. The van der Waals surface area contributed by atoms with Gasteiger partial charge >= 0.3 is 5.97 Å². The summed E-state index contributed by atoms with van der Waals surface area (Å²) in [6, 6.07) is 5.38. The van der Waals surface area contributed by atoms with Gasteiger partial charge in [0.1, 0.15) is 5.58 Å². The van der Waals surface area contributed by atoms with Crippen molar-refractivity contribution in [3.05, 3.63) is 50.8 Å². The van der Waals surface area contributed by atoms with Gasteiger partial charge in [-0.2, -0.15) is 0 Å². The van der Waals surface area contributed by atoms with Gasteiger partial charge in [0.05, 0.1) is 23.1 Å². The Kier molecular flexibility index (Phi) is 9.20. The molecule has 0 amide bonds. The molecular formula is C28H36FNO4. The number of aryl methyl sites for hydroxylation is 3. The number of hydrogen-bond acceptors (Lipinski definition) is 5. The zero-order chi connectivity index (χ0) is 24.7. The second-order valence-corrected chi connectivity index (χ2v) is 9.11. The monoisotopic (exact) mass is 469 g/mol. The fourth-order valence-corrected chi connectivity index (χ4v) is 4.49. The Morgan fingerprint density at radius 2 is 1.68 bits per heavy atom. The Labute approximate surface area is 200 Å². The summed E-state index contributed by atoms with van der Waals surface area (Å²) in [6.07, 6.45) is 7.66. The maximum Gasteiger partial charge on any atom is 0.347 e. The number of rotatable bonds is 12. The highest BCUT2D eigenvalue weighted by molar-refractivity contribution is 5.90. The highest BCUT2D eigenvalue weighted by Gasteiger charge is 2.27. The molecule has 0 N–H and O–H groups in total. The van der Waals surface area contributed by atoms with Gasteiger partial charge in [0.25, 0.3) is 0 Å². The van der Waals surface area contributed by atoms with E-state index in [1.165, 1.54) is 32.1 Å². The van der Waals surface area contributed by atoms with Crippen LogP contribution >= 0.6 is 0 Å². The molecule has 1 atom stereocenters. The SMILES string of the molecule is CCCCCCCCCCc1cc2c(=O)c3cc(C)cc(C)c3oc2nc1C(F)C(=O)OCC. The van der Waals surface area contributed by atoms with Crippen LogP contribution in [0.3, 0.4) is 0 Å². The van der Waals surface area contributed by atoms with E-state index >= 15 is 4.39 Å². The Morgan fingerprint density at radius 1 is 1.00 bits per heavy atom. The first-order chi connectivity index (χ1) is 16.4. The Balaban J connectivity index is 1.94. The number of pyridine rings is 1. The van der Waals surface area contributed by atoms with Crippen molar-refractivity contribution in [3.8, 4) is 0 Å². The molecule has 1 aromatic carbocycles. The van der Waals surface area contributed by atoms with E-state index in [-0.39, 0.29) is 23.4 Å². The average Bonchev–Trinajstić information content (AvgIpc) is 2.81. The van der Waals surface area contributed by atoms with Crippen molar-refractivity contribution < 1.29 is 18.3 Å². The quantitative estimate of drug-likeness (QED) is 0.159. The van der Waals surface area contributed by atoms with Gasteiger partial charge in [-0.05, 0) is 62.4 Å². The summed E-state index contributed by atoms with van der Waals surface area (Å²) < 4.78 is 26.0. The van der Waals surface area contributed by atoms with E-state index in [0.29, 0.717) is 28.3 Å². The summed E-state index contributed by atoms with van der Waals surface area (Å²) in [5.74, 6) is -0.971. The molecule has 0 aliphatic carbocycles. The van der Waals surface area contributed by atoms with E-state index in [9.17, 15) is 9.59 Å². The molecule has 3 aromatic rings. The largest absolute Gasteiger partial charge is 0.464 e. The van der Waals surface area contributed by atoms with Gasteiger partial charge in [-0.1, -0.05) is 57.9 Å². The molecule has 2 aromatic heterocycles. The first-order valence-corrected chi connectivity index (χ1v) is 12.6. The number of ether oxygens (including phenoxy) is 1. The van der Waals surface area contributed by atoms with Crippen molar-refractivity contribution in [1.29, 1.82) is 0 Å². The number of halogens is 1. The van der Waals surface area contributed by atoms with Crippen LogP contribution in [0.1, 0.15) is 93.8 Å². The molecular weight excluding hydrogens is 433 g/mol. The highest BCUT2D eigenvalue weighted by atomic mass is 19.1. The maximum atomic E-state index is 15.1. The van der Waals surface area contributed by atoms with E-state index < -0.39 is 12.1 Å². The minimum absolute atomic E-state index is 0.0128. The van der Waals surface area contributed by atoms with Crippen molar-refractivity contribution in [1.82, 2.24) is 4.98 Å². The van der Waals surface area contributed by atoms with Gasteiger partial charge in [-0.25, -0.2) is 14.2 Å². The third-order valence-electron chi connectivity index (χ3n) is 6.24. The summed E-state index contributed by atoms with van der Waals surface area (Å²) >= 11 is 0. The molecule has 0 fully saturated rings. The summed E-state index contributed by atoms with van der Waals surface area (Å²) in [5, 5.41) is 0.798. The van der Waals surface area contributed by atoms with Crippen molar-refractivity contribution in [2.24, 2.45) is 0 Å². The third kappa shape index (κ3) is 6.02. The number of fused-ring (bicyclic) bond motifs is 2. The molecule has 0 saturated carbocycles. The highest BCUT2D eigenvalue weighted by Crippen LogP contribution is 2.28.